The molecule has 1 aliphatic carbocycles. The lowest BCUT2D eigenvalue weighted by Gasteiger charge is -2.42. The number of hydrogen-bond donors (Lipinski definition) is 2. The third kappa shape index (κ3) is 12.5. The Kier molecular flexibility index (Phi) is 16.5. The van der Waals surface area contributed by atoms with E-state index in [-0.39, 0.29) is 35.1 Å². The van der Waals surface area contributed by atoms with Crippen LogP contribution in [-0.2, 0) is 25.2 Å². The molecule has 0 aliphatic heterocycles. The molecule has 0 fully saturated rings. The summed E-state index contributed by atoms with van der Waals surface area (Å²) in [7, 11) is -0.626. The largest absolute Gasteiger partial charge is 0.457 e. The standard InChI is InChI=1S/C46H65N3O5Si/c1-10-13-16-26-44(50)49(7)41(21-11-2)45(51)48-40(30-34-22-17-14-18-23-34)43(54-55(8,9)46(4,5)6)33-47-39-32-42(52-29-12-3)37-28-27-36(31-38(37)39)53-35-24-19-15-20-25-35/h11-12,14-15,17-20,22-25,27-28,31,39-43,47H,2-3,10,13,16,21,26,29-30,32-33H2,1,4-9H3,(H,48,51)/t39?,40?,41-,42?,43?/m0/s1. The first kappa shape index (κ1) is 43.7. The first-order valence-corrected chi connectivity index (χ1v) is 22.9. The molecule has 0 bridgehead atoms. The van der Waals surface area contributed by atoms with Crippen LogP contribution in [0.3, 0.4) is 0 Å². The van der Waals surface area contributed by atoms with Crippen LogP contribution in [-0.4, -0.2) is 63.4 Å². The fourth-order valence-electron chi connectivity index (χ4n) is 6.82. The van der Waals surface area contributed by atoms with Gasteiger partial charge >= 0.3 is 0 Å². The number of hydrogen-bond acceptors (Lipinski definition) is 6. The molecular formula is C46H65N3O5Si. The summed E-state index contributed by atoms with van der Waals surface area (Å²) in [5, 5.41) is 7.22. The van der Waals surface area contributed by atoms with Gasteiger partial charge in [-0.15, -0.1) is 13.2 Å². The number of amides is 2. The molecule has 0 spiro atoms. The second-order valence-corrected chi connectivity index (χ2v) is 21.0. The number of carbonyl (C=O) groups excluding carboxylic acids is 2. The fourth-order valence-corrected chi connectivity index (χ4v) is 8.17. The number of nitrogens with one attached hydrogen (secondary N) is 2. The summed E-state index contributed by atoms with van der Waals surface area (Å²) >= 11 is 0. The Morgan fingerprint density at radius 3 is 2.27 bits per heavy atom. The number of nitrogens with zero attached hydrogens (tertiary/aromatic N) is 1. The Hall–Kier alpha value is -4.02. The molecule has 298 valence electrons. The summed E-state index contributed by atoms with van der Waals surface area (Å²) in [5.74, 6) is 1.29. The van der Waals surface area contributed by atoms with E-state index in [4.69, 9.17) is 13.9 Å². The van der Waals surface area contributed by atoms with Crippen molar-refractivity contribution in [2.24, 2.45) is 0 Å². The minimum Gasteiger partial charge on any atom is -0.457 e. The van der Waals surface area contributed by atoms with E-state index in [0.717, 1.165) is 53.9 Å². The molecule has 0 aromatic heterocycles. The molecule has 2 N–H and O–H groups in total. The second-order valence-electron chi connectivity index (χ2n) is 16.2. The summed E-state index contributed by atoms with van der Waals surface area (Å²) in [6, 6.07) is 25.1. The average Bonchev–Trinajstić information content (AvgIpc) is 3.50. The highest BCUT2D eigenvalue weighted by atomic mass is 28.4. The zero-order valence-electron chi connectivity index (χ0n) is 34.3. The number of benzene rings is 3. The first-order chi connectivity index (χ1) is 26.3. The maximum atomic E-state index is 14.4. The van der Waals surface area contributed by atoms with Gasteiger partial charge in [-0.3, -0.25) is 9.59 Å². The molecule has 3 aromatic carbocycles. The Morgan fingerprint density at radius 1 is 0.945 bits per heavy atom. The molecule has 4 rings (SSSR count). The van der Waals surface area contributed by atoms with Crippen LogP contribution in [0.1, 0.15) is 95.1 Å². The van der Waals surface area contributed by atoms with Crippen molar-refractivity contribution in [1.29, 1.82) is 0 Å². The van der Waals surface area contributed by atoms with Crippen LogP contribution in [0.25, 0.3) is 0 Å². The van der Waals surface area contributed by atoms with E-state index in [1.54, 1.807) is 24.1 Å². The van der Waals surface area contributed by atoms with Gasteiger partial charge in [0.05, 0.1) is 24.9 Å². The maximum absolute atomic E-state index is 14.4. The van der Waals surface area contributed by atoms with Crippen molar-refractivity contribution < 1.29 is 23.5 Å². The molecule has 1 aliphatic rings. The highest BCUT2D eigenvalue weighted by Crippen LogP contribution is 2.43. The quantitative estimate of drug-likeness (QED) is 0.0602. The zero-order valence-corrected chi connectivity index (χ0v) is 35.3. The highest BCUT2D eigenvalue weighted by Gasteiger charge is 2.42. The van der Waals surface area contributed by atoms with E-state index < -0.39 is 20.4 Å². The maximum Gasteiger partial charge on any atom is 0.243 e. The van der Waals surface area contributed by atoms with E-state index in [1.165, 1.54) is 0 Å². The van der Waals surface area contributed by atoms with Gasteiger partial charge in [-0.1, -0.05) is 107 Å². The summed E-state index contributed by atoms with van der Waals surface area (Å²) < 4.78 is 19.8. The monoisotopic (exact) mass is 767 g/mol. The Morgan fingerprint density at radius 2 is 1.64 bits per heavy atom. The van der Waals surface area contributed by atoms with E-state index in [9.17, 15) is 9.59 Å². The van der Waals surface area contributed by atoms with E-state index in [1.807, 2.05) is 54.6 Å². The van der Waals surface area contributed by atoms with Gasteiger partial charge in [0.15, 0.2) is 8.32 Å². The number of ether oxygens (including phenoxy) is 2. The van der Waals surface area contributed by atoms with E-state index >= 15 is 0 Å². The van der Waals surface area contributed by atoms with Crippen LogP contribution in [0.5, 0.6) is 11.5 Å². The predicted molar refractivity (Wildman–Crippen MR) is 227 cm³/mol. The van der Waals surface area contributed by atoms with Crippen molar-refractivity contribution in [1.82, 2.24) is 15.5 Å². The molecule has 2 amide bonds. The summed E-state index contributed by atoms with van der Waals surface area (Å²) in [4.78, 5) is 29.2. The molecule has 0 saturated heterocycles. The van der Waals surface area contributed by atoms with Gasteiger partial charge in [0, 0.05) is 26.1 Å². The Balaban J connectivity index is 1.68. The fraction of sp³-hybridized carbons (Fsp3) is 0.478. The second kappa shape index (κ2) is 20.8. The third-order valence-electron chi connectivity index (χ3n) is 11.1. The normalized spacial score (nSPS) is 17.1. The van der Waals surface area contributed by atoms with Crippen molar-refractivity contribution in [3.8, 4) is 11.5 Å². The number of rotatable bonds is 22. The molecule has 0 radical (unpaired) electrons. The molecule has 4 unspecified atom stereocenters. The summed E-state index contributed by atoms with van der Waals surface area (Å²) in [6.45, 7) is 22.0. The molecule has 0 saturated carbocycles. The smallest absolute Gasteiger partial charge is 0.243 e. The van der Waals surface area contributed by atoms with E-state index in [0.29, 0.717) is 32.4 Å². The van der Waals surface area contributed by atoms with Gasteiger partial charge in [0.1, 0.15) is 17.5 Å². The van der Waals surface area contributed by atoms with Crippen molar-refractivity contribution in [3.05, 3.63) is 121 Å². The predicted octanol–water partition coefficient (Wildman–Crippen LogP) is 9.86. The number of para-hydroxylation sites is 1. The van der Waals surface area contributed by atoms with Gasteiger partial charge in [0.2, 0.25) is 11.8 Å². The van der Waals surface area contributed by atoms with Crippen molar-refractivity contribution in [3.63, 3.8) is 0 Å². The SMILES string of the molecule is C=CCOC1CC(NCC(O[Si](C)(C)C(C)(C)C)C(Cc2ccccc2)NC(=O)[C@H](CC=C)N(C)C(=O)CCCCC)c2cc(Oc3ccccc3)ccc21. The molecular weight excluding hydrogens is 703 g/mol. The lowest BCUT2D eigenvalue weighted by Crippen LogP contribution is -2.58. The van der Waals surface area contributed by atoms with Crippen molar-refractivity contribution in [2.45, 2.75) is 121 Å². The zero-order chi connectivity index (χ0) is 40.0. The Labute approximate surface area is 331 Å². The highest BCUT2D eigenvalue weighted by molar-refractivity contribution is 6.74. The third-order valence-corrected chi connectivity index (χ3v) is 15.6. The van der Waals surface area contributed by atoms with Gasteiger partial charge in [-0.2, -0.15) is 0 Å². The van der Waals surface area contributed by atoms with Gasteiger partial charge in [0.25, 0.3) is 0 Å². The van der Waals surface area contributed by atoms with Crippen LogP contribution in [0.15, 0.2) is 104 Å². The topological polar surface area (TPSA) is 89.1 Å². The van der Waals surface area contributed by atoms with Crippen LogP contribution in [0.2, 0.25) is 18.1 Å². The molecule has 9 heteroatoms. The molecule has 0 heterocycles. The minimum atomic E-state index is -2.36. The lowest BCUT2D eigenvalue weighted by molar-refractivity contribution is -0.139. The lowest BCUT2D eigenvalue weighted by atomic mass is 9.99. The van der Waals surface area contributed by atoms with Crippen molar-refractivity contribution in [2.75, 3.05) is 20.2 Å². The minimum absolute atomic E-state index is 0.0328. The van der Waals surface area contributed by atoms with Crippen LogP contribution >= 0.6 is 0 Å². The average molecular weight is 768 g/mol. The summed E-state index contributed by atoms with van der Waals surface area (Å²) in [6.07, 6.45) is 7.86. The van der Waals surface area contributed by atoms with Crippen LogP contribution in [0.4, 0.5) is 0 Å². The van der Waals surface area contributed by atoms with Crippen LogP contribution < -0.4 is 15.4 Å². The number of unbranched alkanes of at least 4 members (excludes halogenated alkanes) is 2. The van der Waals surface area contributed by atoms with Gasteiger partial charge < -0.3 is 29.4 Å². The molecule has 3 aromatic rings. The number of carbonyl (C=O) groups is 2. The summed E-state index contributed by atoms with van der Waals surface area (Å²) in [5.41, 5.74) is 3.33. The Bertz CT molecular complexity index is 1680. The van der Waals surface area contributed by atoms with Crippen molar-refractivity contribution >= 4 is 20.1 Å². The van der Waals surface area contributed by atoms with Gasteiger partial charge in [-0.25, -0.2) is 0 Å². The number of likely N-dealkylation sites (N-methyl/N-ethyl adjacent to an activating group) is 1. The van der Waals surface area contributed by atoms with Crippen LogP contribution in [0, 0.1) is 0 Å². The molecule has 8 nitrogen and oxygen atoms in total. The molecule has 5 atom stereocenters. The van der Waals surface area contributed by atoms with Gasteiger partial charge in [-0.05, 0) is 84.8 Å². The number of fused-ring (bicyclic) bond motifs is 1. The molecule has 55 heavy (non-hydrogen) atoms. The first-order valence-electron chi connectivity index (χ1n) is 20.0. The van der Waals surface area contributed by atoms with E-state index in [2.05, 4.69) is 88.8 Å².